The maximum absolute atomic E-state index is 11.2. The Hall–Kier alpha value is -0.620. The Balaban J connectivity index is 4.06. The average Bonchev–Trinajstić information content (AvgIpc) is 1.99. The van der Waals surface area contributed by atoms with Crippen molar-refractivity contribution in [2.24, 2.45) is 0 Å². The molecule has 0 aliphatic heterocycles. The fourth-order valence-electron chi connectivity index (χ4n) is 0.566. The van der Waals surface area contributed by atoms with E-state index in [0.29, 0.717) is 6.54 Å². The summed E-state index contributed by atoms with van der Waals surface area (Å²) in [5.41, 5.74) is 0. The minimum atomic E-state index is -3.46. The van der Waals surface area contributed by atoms with Crippen molar-refractivity contribution >= 4 is 15.9 Å². The van der Waals surface area contributed by atoms with Crippen LogP contribution in [0.15, 0.2) is 0 Å². The Bertz CT molecular complexity index is 259. The normalized spacial score (nSPS) is 11.7. The van der Waals surface area contributed by atoms with Crippen LogP contribution >= 0.6 is 0 Å². The van der Waals surface area contributed by atoms with E-state index in [1.54, 1.807) is 7.05 Å². The van der Waals surface area contributed by atoms with Gasteiger partial charge in [0.15, 0.2) is 0 Å². The quantitative estimate of drug-likeness (QED) is 0.635. The Morgan fingerprint density at radius 1 is 1.38 bits per heavy atom. The summed E-state index contributed by atoms with van der Waals surface area (Å²) >= 11 is 0. The van der Waals surface area contributed by atoms with E-state index in [1.165, 1.54) is 13.8 Å². The molecule has 0 aliphatic rings. The first-order valence-corrected chi connectivity index (χ1v) is 5.64. The van der Waals surface area contributed by atoms with E-state index in [4.69, 9.17) is 0 Å². The van der Waals surface area contributed by atoms with Crippen molar-refractivity contribution in [3.8, 4) is 0 Å². The Morgan fingerprint density at radius 3 is 2.31 bits per heavy atom. The number of nitrogens with one attached hydrogen (secondary N) is 2. The lowest BCUT2D eigenvalue weighted by atomic mass is 10.4. The molecule has 0 saturated heterocycles. The number of rotatable bonds is 5. The smallest absolute Gasteiger partial charge is 0.237 e. The van der Waals surface area contributed by atoms with Gasteiger partial charge in [0.05, 0.1) is 5.25 Å². The van der Waals surface area contributed by atoms with E-state index in [1.807, 2.05) is 4.72 Å². The summed E-state index contributed by atoms with van der Waals surface area (Å²) in [6, 6.07) is 0. The topological polar surface area (TPSA) is 75.3 Å². The standard InChI is InChI=1S/C7H16N2O3S/c1-6(2)13(11,12)9-7(10)4-5-8-3/h6,8H,4-5H2,1-3H3,(H,9,10). The SMILES string of the molecule is CNCCC(=O)NS(=O)(=O)C(C)C. The third-order valence-electron chi connectivity index (χ3n) is 1.48. The van der Waals surface area contributed by atoms with E-state index < -0.39 is 21.2 Å². The summed E-state index contributed by atoms with van der Waals surface area (Å²) < 4.78 is 24.3. The molecule has 1 amide bonds. The van der Waals surface area contributed by atoms with Gasteiger partial charge >= 0.3 is 0 Å². The van der Waals surface area contributed by atoms with E-state index in [9.17, 15) is 13.2 Å². The third-order valence-corrected chi connectivity index (χ3v) is 3.23. The van der Waals surface area contributed by atoms with Gasteiger partial charge < -0.3 is 5.32 Å². The fraction of sp³-hybridized carbons (Fsp3) is 0.857. The Labute approximate surface area is 79.0 Å². The maximum Gasteiger partial charge on any atom is 0.237 e. The van der Waals surface area contributed by atoms with E-state index in [-0.39, 0.29) is 6.42 Å². The molecule has 0 fully saturated rings. The molecule has 78 valence electrons. The molecule has 0 aromatic rings. The highest BCUT2D eigenvalue weighted by molar-refractivity contribution is 7.90. The highest BCUT2D eigenvalue weighted by atomic mass is 32.2. The summed E-state index contributed by atoms with van der Waals surface area (Å²) in [5.74, 6) is -0.469. The predicted molar refractivity (Wildman–Crippen MR) is 50.7 cm³/mol. The summed E-state index contributed by atoms with van der Waals surface area (Å²) in [6.45, 7) is 3.51. The summed E-state index contributed by atoms with van der Waals surface area (Å²) in [4.78, 5) is 11.0. The maximum atomic E-state index is 11.2. The zero-order valence-corrected chi connectivity index (χ0v) is 8.94. The van der Waals surface area contributed by atoms with Crippen molar-refractivity contribution in [2.75, 3.05) is 13.6 Å². The summed E-state index contributed by atoms with van der Waals surface area (Å²) in [7, 11) is -1.76. The monoisotopic (exact) mass is 208 g/mol. The molecule has 6 heteroatoms. The third kappa shape index (κ3) is 4.84. The molecule has 2 N–H and O–H groups in total. The lowest BCUT2D eigenvalue weighted by Gasteiger charge is -2.08. The second-order valence-corrected chi connectivity index (χ2v) is 5.21. The van der Waals surface area contributed by atoms with Crippen LogP contribution < -0.4 is 10.0 Å². The first kappa shape index (κ1) is 12.4. The van der Waals surface area contributed by atoms with Crippen LogP contribution in [0.25, 0.3) is 0 Å². The van der Waals surface area contributed by atoms with E-state index >= 15 is 0 Å². The minimum Gasteiger partial charge on any atom is -0.319 e. The van der Waals surface area contributed by atoms with Crippen LogP contribution in [0.5, 0.6) is 0 Å². The molecule has 13 heavy (non-hydrogen) atoms. The molecule has 0 bridgehead atoms. The van der Waals surface area contributed by atoms with Crippen LogP contribution in [0.3, 0.4) is 0 Å². The molecule has 0 unspecified atom stereocenters. The number of sulfonamides is 1. The molecule has 0 saturated carbocycles. The molecule has 0 rings (SSSR count). The molecule has 0 radical (unpaired) electrons. The number of amides is 1. The van der Waals surface area contributed by atoms with E-state index in [0.717, 1.165) is 0 Å². The second kappa shape index (κ2) is 5.18. The van der Waals surface area contributed by atoms with Gasteiger partial charge in [0.2, 0.25) is 15.9 Å². The fourth-order valence-corrected chi connectivity index (χ4v) is 1.22. The number of hydrogen-bond donors (Lipinski definition) is 2. The molecule has 0 atom stereocenters. The zero-order valence-electron chi connectivity index (χ0n) is 8.12. The summed E-state index contributed by atoms with van der Waals surface area (Å²) in [5, 5.41) is 2.18. The highest BCUT2D eigenvalue weighted by Crippen LogP contribution is 1.95. The lowest BCUT2D eigenvalue weighted by molar-refractivity contribution is -0.119. The molecule has 0 aromatic heterocycles. The van der Waals surface area contributed by atoms with Gasteiger partial charge in [-0.15, -0.1) is 0 Å². The average molecular weight is 208 g/mol. The van der Waals surface area contributed by atoms with Gasteiger partial charge in [-0.05, 0) is 20.9 Å². The largest absolute Gasteiger partial charge is 0.319 e. The van der Waals surface area contributed by atoms with E-state index in [2.05, 4.69) is 5.32 Å². The predicted octanol–water partition coefficient (Wildman–Crippen LogP) is -0.550. The van der Waals surface area contributed by atoms with Gasteiger partial charge in [-0.2, -0.15) is 0 Å². The molecule has 0 heterocycles. The van der Waals surface area contributed by atoms with Crippen LogP contribution in [-0.2, 0) is 14.8 Å². The van der Waals surface area contributed by atoms with Crippen molar-refractivity contribution < 1.29 is 13.2 Å². The molecule has 0 spiro atoms. The van der Waals surface area contributed by atoms with Gasteiger partial charge in [0.25, 0.3) is 0 Å². The van der Waals surface area contributed by atoms with Crippen molar-refractivity contribution in [3.05, 3.63) is 0 Å². The van der Waals surface area contributed by atoms with Gasteiger partial charge in [-0.25, -0.2) is 8.42 Å². The van der Waals surface area contributed by atoms with Crippen LogP contribution in [0.4, 0.5) is 0 Å². The first-order valence-electron chi connectivity index (χ1n) is 4.09. The molecular weight excluding hydrogens is 192 g/mol. The second-order valence-electron chi connectivity index (χ2n) is 2.97. The number of carbonyl (C=O) groups is 1. The van der Waals surface area contributed by atoms with Crippen molar-refractivity contribution in [1.82, 2.24) is 10.0 Å². The summed E-state index contributed by atoms with van der Waals surface area (Å²) in [6.07, 6.45) is 0.169. The van der Waals surface area contributed by atoms with Gasteiger partial charge in [-0.3, -0.25) is 9.52 Å². The van der Waals surface area contributed by atoms with Crippen LogP contribution in [0.1, 0.15) is 20.3 Å². The van der Waals surface area contributed by atoms with Crippen molar-refractivity contribution in [1.29, 1.82) is 0 Å². The Morgan fingerprint density at radius 2 is 1.92 bits per heavy atom. The van der Waals surface area contributed by atoms with Gasteiger partial charge in [0.1, 0.15) is 0 Å². The highest BCUT2D eigenvalue weighted by Gasteiger charge is 2.17. The van der Waals surface area contributed by atoms with Crippen LogP contribution in [0, 0.1) is 0 Å². The molecule has 5 nitrogen and oxygen atoms in total. The van der Waals surface area contributed by atoms with Gasteiger partial charge in [0, 0.05) is 13.0 Å². The Kier molecular flexibility index (Phi) is 4.94. The van der Waals surface area contributed by atoms with Crippen molar-refractivity contribution in [3.63, 3.8) is 0 Å². The lowest BCUT2D eigenvalue weighted by Crippen LogP contribution is -2.36. The minimum absolute atomic E-state index is 0.169. The molecule has 0 aromatic carbocycles. The number of hydrogen-bond acceptors (Lipinski definition) is 4. The number of carbonyl (C=O) groups excluding carboxylic acids is 1. The first-order chi connectivity index (χ1) is 5.90. The molecule has 0 aliphatic carbocycles. The zero-order chi connectivity index (χ0) is 10.5. The van der Waals surface area contributed by atoms with Crippen LogP contribution in [0.2, 0.25) is 0 Å². The van der Waals surface area contributed by atoms with Crippen LogP contribution in [-0.4, -0.2) is 33.2 Å². The van der Waals surface area contributed by atoms with Crippen molar-refractivity contribution in [2.45, 2.75) is 25.5 Å². The van der Waals surface area contributed by atoms with Gasteiger partial charge in [-0.1, -0.05) is 0 Å². The molecular formula is C7H16N2O3S.